The number of nitrogens with one attached hydrogen (secondary N) is 1. The van der Waals surface area contributed by atoms with Gasteiger partial charge in [0.2, 0.25) is 0 Å². The lowest BCUT2D eigenvalue weighted by atomic mass is 9.98. The normalized spacial score (nSPS) is 10.4. The molecule has 5 nitrogen and oxygen atoms in total. The summed E-state index contributed by atoms with van der Waals surface area (Å²) in [6, 6.07) is 9.87. The van der Waals surface area contributed by atoms with Crippen molar-refractivity contribution in [2.45, 2.75) is 20.8 Å². The smallest absolute Gasteiger partial charge is 0.278 e. The number of benzene rings is 1. The largest absolute Gasteiger partial charge is 0.361 e. The van der Waals surface area contributed by atoms with Crippen LogP contribution in [0.2, 0.25) is 0 Å². The second kappa shape index (κ2) is 6.30. The van der Waals surface area contributed by atoms with E-state index in [9.17, 15) is 10.1 Å². The lowest BCUT2D eigenvalue weighted by Gasteiger charge is -2.06. The number of carbonyl (C=O) groups is 1. The predicted octanol–water partition coefficient (Wildman–Crippen LogP) is 4.45. The highest BCUT2D eigenvalue weighted by atomic mass is 32.1. The number of hydrogen-bond donors (Lipinski definition) is 1. The molecular formula is C18H15N3O2S. The van der Waals surface area contributed by atoms with E-state index in [1.54, 1.807) is 13.0 Å². The zero-order valence-corrected chi connectivity index (χ0v) is 14.3. The Morgan fingerprint density at radius 3 is 2.71 bits per heavy atom. The molecule has 3 rings (SSSR count). The Kier molecular flexibility index (Phi) is 4.19. The van der Waals surface area contributed by atoms with Gasteiger partial charge in [-0.2, -0.15) is 5.26 Å². The minimum absolute atomic E-state index is 0.193. The number of carbonyl (C=O) groups excluding carboxylic acids is 1. The minimum Gasteiger partial charge on any atom is -0.361 e. The number of nitriles is 1. The molecule has 0 atom stereocenters. The highest BCUT2D eigenvalue weighted by molar-refractivity contribution is 7.15. The van der Waals surface area contributed by atoms with Crippen LogP contribution in [0.1, 0.15) is 32.9 Å². The van der Waals surface area contributed by atoms with Crippen LogP contribution in [0.3, 0.4) is 0 Å². The van der Waals surface area contributed by atoms with Gasteiger partial charge in [-0.1, -0.05) is 28.9 Å². The Morgan fingerprint density at radius 2 is 2.04 bits per heavy atom. The predicted molar refractivity (Wildman–Crippen MR) is 93.1 cm³/mol. The van der Waals surface area contributed by atoms with Gasteiger partial charge in [0.05, 0.1) is 5.56 Å². The van der Waals surface area contributed by atoms with Crippen molar-refractivity contribution in [1.29, 1.82) is 5.26 Å². The molecule has 3 aromatic rings. The Balaban J connectivity index is 1.97. The van der Waals surface area contributed by atoms with Crippen molar-refractivity contribution in [1.82, 2.24) is 5.16 Å². The molecule has 24 heavy (non-hydrogen) atoms. The van der Waals surface area contributed by atoms with Gasteiger partial charge in [-0.15, -0.1) is 11.3 Å². The van der Waals surface area contributed by atoms with Gasteiger partial charge in [-0.3, -0.25) is 4.79 Å². The fourth-order valence-electron chi connectivity index (χ4n) is 2.43. The van der Waals surface area contributed by atoms with Gasteiger partial charge in [0, 0.05) is 17.0 Å². The van der Waals surface area contributed by atoms with Crippen LogP contribution in [0.15, 0.2) is 34.2 Å². The van der Waals surface area contributed by atoms with Gasteiger partial charge in [0.15, 0.2) is 5.69 Å². The second-order valence-electron chi connectivity index (χ2n) is 5.56. The summed E-state index contributed by atoms with van der Waals surface area (Å²) in [7, 11) is 0. The molecular weight excluding hydrogens is 322 g/mol. The van der Waals surface area contributed by atoms with Crippen molar-refractivity contribution in [3.8, 4) is 17.2 Å². The zero-order valence-electron chi connectivity index (χ0n) is 13.5. The zero-order chi connectivity index (χ0) is 17.3. The van der Waals surface area contributed by atoms with Crippen molar-refractivity contribution in [3.05, 3.63) is 57.8 Å². The maximum absolute atomic E-state index is 12.2. The standard InChI is InChI=1S/C18H15N3O2S/c1-10-4-5-11(2)13(6-10)15-9-24-18(14(15)8-19)20-17(22)16-7-12(3)23-21-16/h4-7,9H,1-3H3,(H,20,22). The Hall–Kier alpha value is -2.91. The van der Waals surface area contributed by atoms with E-state index in [2.05, 4.69) is 16.5 Å². The van der Waals surface area contributed by atoms with E-state index in [1.807, 2.05) is 37.4 Å². The summed E-state index contributed by atoms with van der Waals surface area (Å²) < 4.78 is 4.91. The van der Waals surface area contributed by atoms with E-state index in [4.69, 9.17) is 4.52 Å². The third-order valence-electron chi connectivity index (χ3n) is 3.67. The summed E-state index contributed by atoms with van der Waals surface area (Å²) in [6.07, 6.45) is 0. The van der Waals surface area contributed by atoms with Gasteiger partial charge in [0.1, 0.15) is 16.8 Å². The lowest BCUT2D eigenvalue weighted by Crippen LogP contribution is -2.12. The first-order valence-electron chi connectivity index (χ1n) is 7.33. The van der Waals surface area contributed by atoms with Gasteiger partial charge in [-0.05, 0) is 31.9 Å². The van der Waals surface area contributed by atoms with Crippen LogP contribution in [0.5, 0.6) is 0 Å². The summed E-state index contributed by atoms with van der Waals surface area (Å²) in [5, 5.41) is 18.4. The first kappa shape index (κ1) is 16.0. The average Bonchev–Trinajstić information content (AvgIpc) is 3.16. The molecule has 0 aliphatic heterocycles. The van der Waals surface area contributed by atoms with Crippen molar-refractivity contribution < 1.29 is 9.32 Å². The number of nitrogens with zero attached hydrogens (tertiary/aromatic N) is 2. The van der Waals surface area contributed by atoms with Crippen LogP contribution >= 0.6 is 11.3 Å². The number of amides is 1. The molecule has 0 spiro atoms. The molecule has 0 radical (unpaired) electrons. The number of rotatable bonds is 3. The van der Waals surface area contributed by atoms with E-state index in [0.29, 0.717) is 16.3 Å². The molecule has 120 valence electrons. The number of aromatic nitrogens is 1. The van der Waals surface area contributed by atoms with Crippen molar-refractivity contribution in [3.63, 3.8) is 0 Å². The van der Waals surface area contributed by atoms with Crippen molar-refractivity contribution in [2.24, 2.45) is 0 Å². The highest BCUT2D eigenvalue weighted by Gasteiger charge is 2.18. The molecule has 0 aliphatic carbocycles. The van der Waals surface area contributed by atoms with Gasteiger partial charge in [0.25, 0.3) is 5.91 Å². The van der Waals surface area contributed by atoms with Crippen LogP contribution in [-0.2, 0) is 0 Å². The average molecular weight is 337 g/mol. The van der Waals surface area contributed by atoms with Crippen molar-refractivity contribution >= 4 is 22.2 Å². The molecule has 0 saturated heterocycles. The SMILES string of the molecule is Cc1ccc(C)c(-c2csc(NC(=O)c3cc(C)on3)c2C#N)c1. The van der Waals surface area contributed by atoms with Gasteiger partial charge >= 0.3 is 0 Å². The third-order valence-corrected chi connectivity index (χ3v) is 4.57. The van der Waals surface area contributed by atoms with Crippen LogP contribution in [-0.4, -0.2) is 11.1 Å². The monoisotopic (exact) mass is 337 g/mol. The molecule has 0 unspecified atom stereocenters. The summed E-state index contributed by atoms with van der Waals surface area (Å²) in [5.41, 5.74) is 4.69. The van der Waals surface area contributed by atoms with Gasteiger partial charge < -0.3 is 9.84 Å². The minimum atomic E-state index is -0.391. The highest BCUT2D eigenvalue weighted by Crippen LogP contribution is 2.37. The molecule has 1 N–H and O–H groups in total. The molecule has 1 amide bonds. The second-order valence-corrected chi connectivity index (χ2v) is 6.44. The quantitative estimate of drug-likeness (QED) is 0.765. The van der Waals surface area contributed by atoms with Crippen LogP contribution in [0.4, 0.5) is 5.00 Å². The third kappa shape index (κ3) is 2.94. The summed E-state index contributed by atoms with van der Waals surface area (Å²) >= 11 is 1.33. The first-order chi connectivity index (χ1) is 11.5. The van der Waals surface area contributed by atoms with Crippen LogP contribution in [0.25, 0.3) is 11.1 Å². The molecule has 0 bridgehead atoms. The molecule has 1 aromatic carbocycles. The maximum Gasteiger partial charge on any atom is 0.278 e. The number of hydrogen-bond acceptors (Lipinski definition) is 5. The molecule has 6 heteroatoms. The first-order valence-corrected chi connectivity index (χ1v) is 8.21. The molecule has 0 aliphatic rings. The van der Waals surface area contributed by atoms with E-state index in [1.165, 1.54) is 11.3 Å². The Bertz CT molecular complexity index is 963. The molecule has 0 saturated carbocycles. The molecule has 2 aromatic heterocycles. The van der Waals surface area contributed by atoms with E-state index in [0.717, 1.165) is 22.3 Å². The van der Waals surface area contributed by atoms with Crippen LogP contribution in [0, 0.1) is 32.1 Å². The topological polar surface area (TPSA) is 78.9 Å². The van der Waals surface area contributed by atoms with E-state index < -0.39 is 5.91 Å². The molecule has 2 heterocycles. The van der Waals surface area contributed by atoms with Crippen molar-refractivity contribution in [2.75, 3.05) is 5.32 Å². The maximum atomic E-state index is 12.2. The van der Waals surface area contributed by atoms with E-state index >= 15 is 0 Å². The molecule has 0 fully saturated rings. The van der Waals surface area contributed by atoms with Crippen LogP contribution < -0.4 is 5.32 Å². The lowest BCUT2D eigenvalue weighted by molar-refractivity contribution is 0.101. The fourth-order valence-corrected chi connectivity index (χ4v) is 3.33. The van der Waals surface area contributed by atoms with Gasteiger partial charge in [-0.25, -0.2) is 0 Å². The summed E-state index contributed by atoms with van der Waals surface area (Å²) in [5.74, 6) is 0.167. The summed E-state index contributed by atoms with van der Waals surface area (Å²) in [6.45, 7) is 5.73. The van der Waals surface area contributed by atoms with E-state index in [-0.39, 0.29) is 5.69 Å². The number of aryl methyl sites for hydroxylation is 3. The Morgan fingerprint density at radius 1 is 1.25 bits per heavy atom. The number of thiophene rings is 1. The summed E-state index contributed by atoms with van der Waals surface area (Å²) in [4.78, 5) is 12.2. The fraction of sp³-hybridized carbons (Fsp3) is 0.167. The Labute approximate surface area is 143 Å². The number of anilines is 1.